The van der Waals surface area contributed by atoms with Gasteiger partial charge in [0.1, 0.15) is 17.2 Å². The van der Waals surface area contributed by atoms with Crippen LogP contribution in [0.5, 0.6) is 17.2 Å². The zero-order chi connectivity index (χ0) is 32.9. The number of aromatic hydroxyl groups is 1. The van der Waals surface area contributed by atoms with Crippen molar-refractivity contribution in [3.63, 3.8) is 0 Å². The Balaban J connectivity index is 1.96. The van der Waals surface area contributed by atoms with Crippen LogP contribution in [0.3, 0.4) is 0 Å². The third-order valence-corrected chi connectivity index (χ3v) is 10.2. The van der Waals surface area contributed by atoms with Crippen molar-refractivity contribution in [3.05, 3.63) is 89.5 Å². The van der Waals surface area contributed by atoms with Gasteiger partial charge in [0.2, 0.25) is 0 Å². The molecule has 1 unspecified atom stereocenters. The second-order valence-electron chi connectivity index (χ2n) is 14.4. The molecule has 0 amide bonds. The summed E-state index contributed by atoms with van der Waals surface area (Å²) in [5, 5.41) is 15.1. The average molecular weight is 636 g/mol. The van der Waals surface area contributed by atoms with E-state index in [2.05, 4.69) is 53.8 Å². The molecule has 0 aliphatic carbocycles. The smallest absolute Gasteiger partial charge is 0.452 e. The van der Waals surface area contributed by atoms with Crippen LogP contribution in [-0.4, -0.2) is 11.7 Å². The van der Waals surface area contributed by atoms with Gasteiger partial charge >= 0.3 is 7.60 Å². The molecule has 0 heterocycles. The largest absolute Gasteiger partial charge is 0.507 e. The lowest BCUT2D eigenvalue weighted by Crippen LogP contribution is -2.28. The highest BCUT2D eigenvalue weighted by Crippen LogP contribution is 2.60. The first-order valence-electron chi connectivity index (χ1n) is 17.1. The highest BCUT2D eigenvalue weighted by molar-refractivity contribution is 7.55. The van der Waals surface area contributed by atoms with Gasteiger partial charge in [0.25, 0.3) is 0 Å². The summed E-state index contributed by atoms with van der Waals surface area (Å²) in [7, 11) is -3.93. The number of hydrogen-bond acceptors (Lipinski definition) is 5. The van der Waals surface area contributed by atoms with Crippen LogP contribution in [-0.2, 0) is 15.4 Å². The fourth-order valence-electron chi connectivity index (χ4n) is 5.60. The predicted octanol–water partition coefficient (Wildman–Crippen LogP) is 11.8. The lowest BCUT2D eigenvalue weighted by Gasteiger charge is -2.32. The van der Waals surface area contributed by atoms with Gasteiger partial charge in [0, 0.05) is 0 Å². The summed E-state index contributed by atoms with van der Waals surface area (Å²) in [6.45, 7) is 15.5. The average Bonchev–Trinajstić information content (AvgIpc) is 2.98. The molecule has 0 spiro atoms. The van der Waals surface area contributed by atoms with Crippen LogP contribution in [0.25, 0.3) is 0 Å². The van der Waals surface area contributed by atoms with Crippen molar-refractivity contribution >= 4 is 7.60 Å². The van der Waals surface area contributed by atoms with Crippen LogP contribution in [0.15, 0.2) is 72.8 Å². The third kappa shape index (κ3) is 11.5. The van der Waals surface area contributed by atoms with E-state index in [1.54, 1.807) is 24.3 Å². The fourth-order valence-corrected chi connectivity index (χ4v) is 7.55. The lowest BCUT2D eigenvalue weighted by molar-refractivity contribution is 0.359. The molecule has 0 aliphatic rings. The van der Waals surface area contributed by atoms with Gasteiger partial charge in [-0.25, -0.2) is 4.57 Å². The number of phenols is 1. The molecule has 0 bridgehead atoms. The Morgan fingerprint density at radius 1 is 0.667 bits per heavy atom. The predicted molar refractivity (Wildman–Crippen MR) is 190 cm³/mol. The van der Waals surface area contributed by atoms with Gasteiger partial charge in [-0.05, 0) is 76.9 Å². The molecule has 0 saturated carbocycles. The second kappa shape index (κ2) is 17.2. The minimum atomic E-state index is -3.93. The van der Waals surface area contributed by atoms with Gasteiger partial charge in [-0.1, -0.05) is 143 Å². The van der Waals surface area contributed by atoms with Crippen molar-refractivity contribution in [3.8, 4) is 17.2 Å². The highest BCUT2D eigenvalue weighted by atomic mass is 31.2. The summed E-state index contributed by atoms with van der Waals surface area (Å²) >= 11 is 0. The molecule has 0 aliphatic heterocycles. The Labute approximate surface area is 273 Å². The quantitative estimate of drug-likeness (QED) is 0.107. The lowest BCUT2D eigenvalue weighted by atomic mass is 9.78. The van der Waals surface area contributed by atoms with Gasteiger partial charge in [-0.15, -0.1) is 0 Å². The second-order valence-corrected chi connectivity index (χ2v) is 16.3. The Morgan fingerprint density at radius 2 is 1.07 bits per heavy atom. The number of rotatable bonds is 18. The van der Waals surface area contributed by atoms with Crippen LogP contribution >= 0.6 is 7.60 Å². The number of hydrogen-bond donors (Lipinski definition) is 2. The van der Waals surface area contributed by atoms with Gasteiger partial charge in [-0.3, -0.25) is 5.32 Å². The van der Waals surface area contributed by atoms with Crippen molar-refractivity contribution in [2.75, 3.05) is 6.54 Å². The van der Waals surface area contributed by atoms with Crippen LogP contribution in [0, 0.1) is 0 Å². The topological polar surface area (TPSA) is 67.8 Å². The molecule has 3 aromatic carbocycles. The van der Waals surface area contributed by atoms with Gasteiger partial charge in [0.05, 0.1) is 0 Å². The Kier molecular flexibility index (Phi) is 14.1. The Morgan fingerprint density at radius 3 is 1.47 bits per heavy atom. The van der Waals surface area contributed by atoms with Crippen molar-refractivity contribution in [1.82, 2.24) is 5.32 Å². The number of benzene rings is 3. The molecule has 5 nitrogen and oxygen atoms in total. The van der Waals surface area contributed by atoms with Crippen molar-refractivity contribution in [2.24, 2.45) is 0 Å². The van der Waals surface area contributed by atoms with Crippen molar-refractivity contribution in [2.45, 2.75) is 129 Å². The molecule has 0 saturated heterocycles. The van der Waals surface area contributed by atoms with Crippen molar-refractivity contribution in [1.29, 1.82) is 0 Å². The minimum Gasteiger partial charge on any atom is -0.507 e. The van der Waals surface area contributed by atoms with E-state index in [1.165, 1.54) is 51.4 Å². The maximum Gasteiger partial charge on any atom is 0.452 e. The molecule has 0 aromatic heterocycles. The van der Waals surface area contributed by atoms with Crippen LogP contribution in [0.1, 0.15) is 135 Å². The number of phenolic OH excluding ortho intramolecular Hbond substituents is 1. The number of para-hydroxylation sites is 2. The first-order valence-corrected chi connectivity index (χ1v) is 18.7. The fraction of sp³-hybridized carbons (Fsp3) is 0.538. The van der Waals surface area contributed by atoms with Crippen LogP contribution in [0.2, 0.25) is 0 Å². The maximum absolute atomic E-state index is 15.2. The first-order chi connectivity index (χ1) is 21.3. The SMILES string of the molecule is CCCCCCCCCCCCNC(c1cc(C(C)(C)C)c(O)c(C(C)(C)C)c1)P(=O)(Oc1ccccc1)Oc1ccccc1. The Bertz CT molecular complexity index is 1250. The molecule has 0 radical (unpaired) electrons. The summed E-state index contributed by atoms with van der Waals surface area (Å²) in [4.78, 5) is 0. The van der Waals surface area contributed by atoms with Crippen molar-refractivity contribution < 1.29 is 18.7 Å². The van der Waals surface area contributed by atoms with Gasteiger partial charge in [0.15, 0.2) is 5.78 Å². The van der Waals surface area contributed by atoms with Crippen LogP contribution in [0.4, 0.5) is 0 Å². The molecular weight excluding hydrogens is 577 g/mol. The molecule has 45 heavy (non-hydrogen) atoms. The summed E-state index contributed by atoms with van der Waals surface area (Å²) in [6, 6.07) is 22.5. The maximum atomic E-state index is 15.2. The number of unbranched alkanes of at least 4 members (excludes halogenated alkanes) is 9. The molecule has 6 heteroatoms. The molecular formula is C39H58NO4P. The van der Waals surface area contributed by atoms with E-state index in [9.17, 15) is 5.11 Å². The van der Waals surface area contributed by atoms with Gasteiger partial charge < -0.3 is 14.2 Å². The molecule has 248 valence electrons. The van der Waals surface area contributed by atoms with E-state index < -0.39 is 13.4 Å². The van der Waals surface area contributed by atoms with E-state index in [0.717, 1.165) is 29.5 Å². The molecule has 0 fully saturated rings. The highest BCUT2D eigenvalue weighted by Gasteiger charge is 2.42. The zero-order valence-corrected chi connectivity index (χ0v) is 29.8. The van der Waals surface area contributed by atoms with E-state index in [0.29, 0.717) is 18.0 Å². The zero-order valence-electron chi connectivity index (χ0n) is 28.9. The van der Waals surface area contributed by atoms with Gasteiger partial charge in [-0.2, -0.15) is 0 Å². The molecule has 1 atom stereocenters. The van der Waals surface area contributed by atoms with E-state index in [-0.39, 0.29) is 16.6 Å². The van der Waals surface area contributed by atoms with E-state index in [1.807, 2.05) is 48.5 Å². The van der Waals surface area contributed by atoms with E-state index >= 15 is 4.57 Å². The first kappa shape index (κ1) is 36.7. The normalized spacial score (nSPS) is 13.0. The minimum absolute atomic E-state index is 0.287. The van der Waals surface area contributed by atoms with E-state index in [4.69, 9.17) is 9.05 Å². The standard InChI is InChI=1S/C39H58NO4P/c1-8-9-10-11-12-13-14-15-16-23-28-40-37(31-29-34(38(2,3)4)36(41)35(30-31)39(5,6)7)45(42,43-32-24-19-17-20-25-32)44-33-26-21-18-22-27-33/h17-22,24-27,29-30,37,40-41H,8-16,23,28H2,1-7H3. The molecule has 3 aromatic rings. The summed E-state index contributed by atoms with van der Waals surface area (Å²) < 4.78 is 27.9. The monoisotopic (exact) mass is 635 g/mol. The summed E-state index contributed by atoms with van der Waals surface area (Å²) in [5.41, 5.74) is 1.71. The van der Waals surface area contributed by atoms with Crippen LogP contribution < -0.4 is 14.4 Å². The Hall–Kier alpha value is -2.75. The number of nitrogens with one attached hydrogen (secondary N) is 1. The molecule has 3 rings (SSSR count). The molecule has 2 N–H and O–H groups in total. The summed E-state index contributed by atoms with van der Waals surface area (Å²) in [5.74, 6) is 0.482. The summed E-state index contributed by atoms with van der Waals surface area (Å²) in [6.07, 6.45) is 12.4. The third-order valence-electron chi connectivity index (χ3n) is 8.20.